The summed E-state index contributed by atoms with van der Waals surface area (Å²) in [5.41, 5.74) is 9.14. The van der Waals surface area contributed by atoms with Gasteiger partial charge in [-0.15, -0.1) is 0 Å². The molecule has 1 aromatic rings. The molecular weight excluding hydrogens is 188 g/mol. The van der Waals surface area contributed by atoms with Gasteiger partial charge in [0.25, 0.3) is 0 Å². The highest BCUT2D eigenvalue weighted by Crippen LogP contribution is 2.27. The van der Waals surface area contributed by atoms with E-state index < -0.39 is 0 Å². The second kappa shape index (κ2) is 5.03. The molecular formula is C12H20N2O. The van der Waals surface area contributed by atoms with Crippen molar-refractivity contribution in [3.8, 4) is 5.75 Å². The van der Waals surface area contributed by atoms with Crippen LogP contribution < -0.4 is 15.4 Å². The SMILES string of the molecule is COc1cc(C)c(N(C)CCN)cc1C. The summed E-state index contributed by atoms with van der Waals surface area (Å²) in [5.74, 6) is 0.942. The van der Waals surface area contributed by atoms with Crippen molar-refractivity contribution in [2.75, 3.05) is 32.1 Å². The van der Waals surface area contributed by atoms with Crippen LogP contribution in [0.1, 0.15) is 11.1 Å². The molecule has 1 aromatic carbocycles. The summed E-state index contributed by atoms with van der Waals surface area (Å²) in [7, 11) is 3.76. The average molecular weight is 208 g/mol. The van der Waals surface area contributed by atoms with Crippen molar-refractivity contribution in [1.29, 1.82) is 0 Å². The van der Waals surface area contributed by atoms with Gasteiger partial charge < -0.3 is 15.4 Å². The van der Waals surface area contributed by atoms with Crippen molar-refractivity contribution >= 4 is 5.69 Å². The summed E-state index contributed by atoms with van der Waals surface area (Å²) in [6, 6.07) is 4.21. The summed E-state index contributed by atoms with van der Waals surface area (Å²) in [4.78, 5) is 2.17. The van der Waals surface area contributed by atoms with Crippen LogP contribution in [0.5, 0.6) is 5.75 Å². The molecule has 84 valence electrons. The third kappa shape index (κ3) is 2.63. The number of methoxy groups -OCH3 is 1. The van der Waals surface area contributed by atoms with Crippen molar-refractivity contribution in [1.82, 2.24) is 0 Å². The first kappa shape index (κ1) is 11.9. The lowest BCUT2D eigenvalue weighted by atomic mass is 10.1. The Hall–Kier alpha value is -1.22. The van der Waals surface area contributed by atoms with Crippen LogP contribution in [0.3, 0.4) is 0 Å². The Bertz CT molecular complexity index is 337. The van der Waals surface area contributed by atoms with Gasteiger partial charge in [0.2, 0.25) is 0 Å². The van der Waals surface area contributed by atoms with Gasteiger partial charge in [-0.2, -0.15) is 0 Å². The third-order valence-electron chi connectivity index (χ3n) is 2.59. The van der Waals surface area contributed by atoms with E-state index in [1.165, 1.54) is 11.3 Å². The maximum absolute atomic E-state index is 5.54. The van der Waals surface area contributed by atoms with Crippen molar-refractivity contribution in [3.05, 3.63) is 23.3 Å². The number of hydrogen-bond donors (Lipinski definition) is 1. The minimum atomic E-state index is 0.668. The van der Waals surface area contributed by atoms with E-state index in [0.29, 0.717) is 6.54 Å². The number of rotatable bonds is 4. The molecule has 0 heterocycles. The molecule has 0 aliphatic rings. The minimum absolute atomic E-state index is 0.668. The number of nitrogens with zero attached hydrogens (tertiary/aromatic N) is 1. The van der Waals surface area contributed by atoms with E-state index in [4.69, 9.17) is 10.5 Å². The molecule has 3 nitrogen and oxygen atoms in total. The van der Waals surface area contributed by atoms with Gasteiger partial charge in [-0.05, 0) is 37.1 Å². The third-order valence-corrected chi connectivity index (χ3v) is 2.59. The smallest absolute Gasteiger partial charge is 0.122 e. The zero-order valence-electron chi connectivity index (χ0n) is 10.0. The summed E-state index contributed by atoms with van der Waals surface area (Å²) in [6.45, 7) is 5.68. The summed E-state index contributed by atoms with van der Waals surface area (Å²) in [5, 5.41) is 0. The highest BCUT2D eigenvalue weighted by molar-refractivity contribution is 5.58. The normalized spacial score (nSPS) is 10.2. The molecule has 0 aromatic heterocycles. The first-order valence-electron chi connectivity index (χ1n) is 5.16. The van der Waals surface area contributed by atoms with Gasteiger partial charge in [0, 0.05) is 25.8 Å². The standard InChI is InChI=1S/C12H20N2O/c1-9-8-12(15-4)10(2)7-11(9)14(3)6-5-13/h7-8H,5-6,13H2,1-4H3. The van der Waals surface area contributed by atoms with Crippen LogP contribution in [0.15, 0.2) is 12.1 Å². The number of hydrogen-bond acceptors (Lipinski definition) is 3. The van der Waals surface area contributed by atoms with Crippen LogP contribution in [0.2, 0.25) is 0 Å². The molecule has 2 N–H and O–H groups in total. The van der Waals surface area contributed by atoms with E-state index in [1.54, 1.807) is 7.11 Å². The largest absolute Gasteiger partial charge is 0.496 e. The number of benzene rings is 1. The molecule has 1 rings (SSSR count). The van der Waals surface area contributed by atoms with Gasteiger partial charge >= 0.3 is 0 Å². The van der Waals surface area contributed by atoms with Gasteiger partial charge in [0.1, 0.15) is 5.75 Å². The number of likely N-dealkylation sites (N-methyl/N-ethyl adjacent to an activating group) is 1. The Morgan fingerprint density at radius 1 is 1.27 bits per heavy atom. The zero-order chi connectivity index (χ0) is 11.4. The summed E-state index contributed by atoms with van der Waals surface area (Å²) >= 11 is 0. The van der Waals surface area contributed by atoms with Crippen molar-refractivity contribution < 1.29 is 4.74 Å². The molecule has 15 heavy (non-hydrogen) atoms. The van der Waals surface area contributed by atoms with E-state index >= 15 is 0 Å². The number of anilines is 1. The van der Waals surface area contributed by atoms with Crippen LogP contribution in [0.25, 0.3) is 0 Å². The minimum Gasteiger partial charge on any atom is -0.496 e. The van der Waals surface area contributed by atoms with Gasteiger partial charge in [-0.25, -0.2) is 0 Å². The van der Waals surface area contributed by atoms with E-state index in [0.717, 1.165) is 17.9 Å². The van der Waals surface area contributed by atoms with Gasteiger partial charge in [-0.1, -0.05) is 0 Å². The van der Waals surface area contributed by atoms with Crippen LogP contribution in [0, 0.1) is 13.8 Å². The highest BCUT2D eigenvalue weighted by atomic mass is 16.5. The fourth-order valence-electron chi connectivity index (χ4n) is 1.72. The zero-order valence-corrected chi connectivity index (χ0v) is 10.0. The summed E-state index contributed by atoms with van der Waals surface area (Å²) in [6.07, 6.45) is 0. The van der Waals surface area contributed by atoms with Gasteiger partial charge in [0.15, 0.2) is 0 Å². The van der Waals surface area contributed by atoms with Crippen LogP contribution in [-0.2, 0) is 0 Å². The molecule has 0 fully saturated rings. The fourth-order valence-corrected chi connectivity index (χ4v) is 1.72. The lowest BCUT2D eigenvalue weighted by Gasteiger charge is -2.22. The summed E-state index contributed by atoms with van der Waals surface area (Å²) < 4.78 is 5.28. The van der Waals surface area contributed by atoms with E-state index in [1.807, 2.05) is 0 Å². The van der Waals surface area contributed by atoms with Crippen LogP contribution in [-0.4, -0.2) is 27.2 Å². The fraction of sp³-hybridized carbons (Fsp3) is 0.500. The lowest BCUT2D eigenvalue weighted by Crippen LogP contribution is -2.25. The Morgan fingerprint density at radius 2 is 1.93 bits per heavy atom. The maximum Gasteiger partial charge on any atom is 0.122 e. The second-order valence-corrected chi connectivity index (χ2v) is 3.82. The lowest BCUT2D eigenvalue weighted by molar-refractivity contribution is 0.411. The Kier molecular flexibility index (Phi) is 3.97. The number of ether oxygens (including phenoxy) is 1. The van der Waals surface area contributed by atoms with Crippen molar-refractivity contribution in [3.63, 3.8) is 0 Å². The topological polar surface area (TPSA) is 38.5 Å². The first-order valence-corrected chi connectivity index (χ1v) is 5.16. The Morgan fingerprint density at radius 3 is 2.47 bits per heavy atom. The van der Waals surface area contributed by atoms with Gasteiger partial charge in [0.05, 0.1) is 7.11 Å². The molecule has 3 heteroatoms. The van der Waals surface area contributed by atoms with E-state index in [9.17, 15) is 0 Å². The average Bonchev–Trinajstić information content (AvgIpc) is 2.21. The maximum atomic E-state index is 5.54. The van der Waals surface area contributed by atoms with E-state index in [-0.39, 0.29) is 0 Å². The molecule has 0 atom stereocenters. The molecule has 0 aliphatic carbocycles. The number of aryl methyl sites for hydroxylation is 2. The van der Waals surface area contributed by atoms with Gasteiger partial charge in [-0.3, -0.25) is 0 Å². The predicted molar refractivity (Wildman–Crippen MR) is 64.8 cm³/mol. The number of nitrogens with two attached hydrogens (primary N) is 1. The first-order chi connectivity index (χ1) is 7.10. The predicted octanol–water partition coefficient (Wildman–Crippen LogP) is 1.71. The van der Waals surface area contributed by atoms with Crippen LogP contribution >= 0.6 is 0 Å². The van der Waals surface area contributed by atoms with Crippen LogP contribution in [0.4, 0.5) is 5.69 Å². The Labute approximate surface area is 91.8 Å². The van der Waals surface area contributed by atoms with Crippen molar-refractivity contribution in [2.24, 2.45) is 5.73 Å². The quantitative estimate of drug-likeness (QED) is 0.818. The molecule has 0 unspecified atom stereocenters. The molecule has 0 spiro atoms. The van der Waals surface area contributed by atoms with E-state index in [2.05, 4.69) is 37.9 Å². The Balaban J connectivity index is 3.04. The molecule has 0 saturated carbocycles. The molecule has 0 amide bonds. The monoisotopic (exact) mass is 208 g/mol. The highest BCUT2D eigenvalue weighted by Gasteiger charge is 2.07. The molecule has 0 radical (unpaired) electrons. The second-order valence-electron chi connectivity index (χ2n) is 3.82. The van der Waals surface area contributed by atoms with Crippen molar-refractivity contribution in [2.45, 2.75) is 13.8 Å². The molecule has 0 saturated heterocycles. The molecule has 0 aliphatic heterocycles. The molecule has 0 bridgehead atoms.